The molecule has 3 heterocycles. The van der Waals surface area contributed by atoms with E-state index in [0.29, 0.717) is 12.6 Å². The quantitative estimate of drug-likeness (QED) is 0.837. The average molecular weight is 337 g/mol. The second kappa shape index (κ2) is 7.54. The van der Waals surface area contributed by atoms with Crippen LogP contribution in [0.4, 0.5) is 0 Å². The maximum absolute atomic E-state index is 6.09. The van der Waals surface area contributed by atoms with E-state index in [-0.39, 0.29) is 0 Å². The lowest BCUT2D eigenvalue weighted by Crippen LogP contribution is -2.54. The predicted molar refractivity (Wildman–Crippen MR) is 99.5 cm³/mol. The van der Waals surface area contributed by atoms with E-state index in [1.54, 1.807) is 0 Å². The number of aromatic nitrogens is 1. The minimum absolute atomic E-state index is 0.518. The number of nitrogens with zero attached hydrogens (tertiary/aromatic N) is 3. The Labute approximate surface area is 150 Å². The van der Waals surface area contributed by atoms with Gasteiger partial charge in [0.1, 0.15) is 12.4 Å². The molecule has 2 aromatic rings. The second-order valence-corrected chi connectivity index (χ2v) is 7.29. The summed E-state index contributed by atoms with van der Waals surface area (Å²) >= 11 is 0. The number of hydrogen-bond acceptors (Lipinski definition) is 4. The topological polar surface area (TPSA) is 28.6 Å². The summed E-state index contributed by atoms with van der Waals surface area (Å²) in [5.41, 5.74) is 2.24. The fraction of sp³-hybridized carbons (Fsp3) is 0.476. The number of ether oxygens (including phenoxy) is 1. The van der Waals surface area contributed by atoms with Crippen LogP contribution >= 0.6 is 0 Å². The summed E-state index contributed by atoms with van der Waals surface area (Å²) in [6.45, 7) is 7.49. The summed E-state index contributed by atoms with van der Waals surface area (Å²) in [6.07, 6.45) is 4.52. The van der Waals surface area contributed by atoms with E-state index in [1.165, 1.54) is 38.0 Å². The number of benzene rings is 1. The van der Waals surface area contributed by atoms with Crippen LogP contribution in [0, 0.1) is 0 Å². The molecule has 4 rings (SSSR count). The Hall–Kier alpha value is -1.91. The minimum Gasteiger partial charge on any atom is -0.487 e. The number of fused-ring (bicyclic) bond motifs is 1. The van der Waals surface area contributed by atoms with Crippen LogP contribution in [0.25, 0.3) is 0 Å². The Balaban J connectivity index is 1.43. The number of piperazine rings is 1. The summed E-state index contributed by atoms with van der Waals surface area (Å²) in [7, 11) is 0. The molecule has 2 saturated heterocycles. The molecule has 132 valence electrons. The van der Waals surface area contributed by atoms with E-state index >= 15 is 0 Å². The molecule has 0 aliphatic carbocycles. The van der Waals surface area contributed by atoms with Crippen molar-refractivity contribution < 1.29 is 4.74 Å². The highest BCUT2D eigenvalue weighted by Crippen LogP contribution is 2.28. The van der Waals surface area contributed by atoms with Gasteiger partial charge in [0.2, 0.25) is 0 Å². The van der Waals surface area contributed by atoms with E-state index in [1.807, 2.05) is 24.4 Å². The van der Waals surface area contributed by atoms with E-state index in [9.17, 15) is 0 Å². The molecule has 0 bridgehead atoms. The molecule has 2 fully saturated rings. The molecule has 0 unspecified atom stereocenters. The van der Waals surface area contributed by atoms with E-state index in [2.05, 4.69) is 46.0 Å². The molecule has 1 aromatic carbocycles. The molecular weight excluding hydrogens is 310 g/mol. The van der Waals surface area contributed by atoms with Crippen LogP contribution in [-0.4, -0.2) is 46.5 Å². The molecule has 0 radical (unpaired) electrons. The fourth-order valence-electron chi connectivity index (χ4n) is 4.10. The lowest BCUT2D eigenvalue weighted by atomic mass is 10.1. The van der Waals surface area contributed by atoms with Gasteiger partial charge in [-0.05, 0) is 44.5 Å². The van der Waals surface area contributed by atoms with Crippen LogP contribution in [-0.2, 0) is 13.2 Å². The summed E-state index contributed by atoms with van der Waals surface area (Å²) in [4.78, 5) is 9.64. The monoisotopic (exact) mass is 337 g/mol. The van der Waals surface area contributed by atoms with Gasteiger partial charge in [0.25, 0.3) is 0 Å². The van der Waals surface area contributed by atoms with E-state index in [0.717, 1.165) is 24.0 Å². The van der Waals surface area contributed by atoms with Crippen molar-refractivity contribution in [3.05, 3.63) is 59.9 Å². The summed E-state index contributed by atoms with van der Waals surface area (Å²) < 4.78 is 6.09. The largest absolute Gasteiger partial charge is 0.487 e. The van der Waals surface area contributed by atoms with Gasteiger partial charge in [-0.1, -0.05) is 24.3 Å². The van der Waals surface area contributed by atoms with Gasteiger partial charge < -0.3 is 4.74 Å². The van der Waals surface area contributed by atoms with Crippen molar-refractivity contribution in [3.63, 3.8) is 0 Å². The van der Waals surface area contributed by atoms with Crippen molar-refractivity contribution in [2.24, 2.45) is 0 Å². The third-order valence-corrected chi connectivity index (χ3v) is 5.51. The highest BCUT2D eigenvalue weighted by atomic mass is 16.5. The van der Waals surface area contributed by atoms with Crippen molar-refractivity contribution in [1.82, 2.24) is 14.8 Å². The van der Waals surface area contributed by atoms with Crippen LogP contribution in [0.15, 0.2) is 48.7 Å². The van der Waals surface area contributed by atoms with Gasteiger partial charge in [-0.2, -0.15) is 0 Å². The highest BCUT2D eigenvalue weighted by Gasteiger charge is 2.34. The normalized spacial score (nSPS) is 24.2. The van der Waals surface area contributed by atoms with Gasteiger partial charge in [0, 0.05) is 43.5 Å². The number of rotatable bonds is 5. The smallest absolute Gasteiger partial charge is 0.130 e. The van der Waals surface area contributed by atoms with Gasteiger partial charge in [-0.3, -0.25) is 14.8 Å². The Kier molecular flexibility index (Phi) is 4.99. The molecular formula is C21H27N3O. The van der Waals surface area contributed by atoms with Crippen molar-refractivity contribution in [3.8, 4) is 5.75 Å². The average Bonchev–Trinajstić information content (AvgIpc) is 3.09. The molecule has 0 spiro atoms. The molecule has 2 atom stereocenters. The zero-order valence-corrected chi connectivity index (χ0v) is 15.0. The summed E-state index contributed by atoms with van der Waals surface area (Å²) in [5, 5.41) is 0. The van der Waals surface area contributed by atoms with Crippen LogP contribution in [0.2, 0.25) is 0 Å². The van der Waals surface area contributed by atoms with Gasteiger partial charge in [-0.25, -0.2) is 0 Å². The van der Waals surface area contributed by atoms with Crippen molar-refractivity contribution in [1.29, 1.82) is 0 Å². The fourth-order valence-corrected chi connectivity index (χ4v) is 4.10. The van der Waals surface area contributed by atoms with Gasteiger partial charge in [0.05, 0.1) is 5.69 Å². The summed E-state index contributed by atoms with van der Waals surface area (Å²) in [6, 6.07) is 15.7. The van der Waals surface area contributed by atoms with Crippen LogP contribution in [0.5, 0.6) is 5.75 Å². The van der Waals surface area contributed by atoms with Gasteiger partial charge >= 0.3 is 0 Å². The number of para-hydroxylation sites is 1. The minimum atomic E-state index is 0.518. The number of hydrogen-bond donors (Lipinski definition) is 0. The maximum atomic E-state index is 6.09. The first-order chi connectivity index (χ1) is 12.3. The van der Waals surface area contributed by atoms with Crippen molar-refractivity contribution in [2.45, 2.75) is 45.0 Å². The zero-order chi connectivity index (χ0) is 17.1. The molecule has 4 nitrogen and oxygen atoms in total. The van der Waals surface area contributed by atoms with E-state index in [4.69, 9.17) is 4.74 Å². The first-order valence-electron chi connectivity index (χ1n) is 9.38. The Morgan fingerprint density at radius 2 is 2.00 bits per heavy atom. The first-order valence-corrected chi connectivity index (χ1v) is 9.38. The molecule has 0 amide bonds. The Morgan fingerprint density at radius 3 is 2.88 bits per heavy atom. The second-order valence-electron chi connectivity index (χ2n) is 7.29. The van der Waals surface area contributed by atoms with Crippen molar-refractivity contribution >= 4 is 0 Å². The standard InChI is InChI=1S/C21H27N3O/c1-17-13-23-12-6-9-20(23)15-24(17)14-18-7-2-3-10-21(18)25-16-19-8-4-5-11-22-19/h2-5,7-8,10-11,17,20H,6,9,12-16H2,1H3/t17-,20+/m1/s1. The lowest BCUT2D eigenvalue weighted by Gasteiger charge is -2.42. The maximum Gasteiger partial charge on any atom is 0.130 e. The third-order valence-electron chi connectivity index (χ3n) is 5.51. The Morgan fingerprint density at radius 1 is 1.12 bits per heavy atom. The van der Waals surface area contributed by atoms with Crippen molar-refractivity contribution in [2.75, 3.05) is 19.6 Å². The van der Waals surface area contributed by atoms with Gasteiger partial charge in [0.15, 0.2) is 0 Å². The molecule has 0 saturated carbocycles. The van der Waals surface area contributed by atoms with Crippen LogP contribution in [0.1, 0.15) is 31.0 Å². The number of pyridine rings is 1. The molecule has 1 aromatic heterocycles. The molecule has 25 heavy (non-hydrogen) atoms. The predicted octanol–water partition coefficient (Wildman–Crippen LogP) is 3.33. The lowest BCUT2D eigenvalue weighted by molar-refractivity contribution is 0.0533. The van der Waals surface area contributed by atoms with E-state index < -0.39 is 0 Å². The molecule has 0 N–H and O–H groups in total. The van der Waals surface area contributed by atoms with Crippen LogP contribution < -0.4 is 4.74 Å². The highest BCUT2D eigenvalue weighted by molar-refractivity contribution is 5.33. The first kappa shape index (κ1) is 16.6. The molecule has 2 aliphatic rings. The Bertz CT molecular complexity index is 691. The molecule has 4 heteroatoms. The summed E-state index contributed by atoms with van der Waals surface area (Å²) in [5.74, 6) is 0.981. The van der Waals surface area contributed by atoms with Crippen LogP contribution in [0.3, 0.4) is 0 Å². The molecule has 2 aliphatic heterocycles. The zero-order valence-electron chi connectivity index (χ0n) is 15.0. The SMILES string of the molecule is C[C@@H]1CN2CCC[C@H]2CN1Cc1ccccc1OCc1ccccn1. The van der Waals surface area contributed by atoms with Gasteiger partial charge in [-0.15, -0.1) is 0 Å². The third kappa shape index (κ3) is 3.86.